The number of aromatic nitrogens is 2. The standard InChI is InChI=1S/C18H24N4O3S/c1-13-5-7-14(8-6-13)16-10-19-21-18(16)15-4-3-9-22(12-15)17(23)11-20-26(2,24)25/h5-8,10,15,20H,3-4,9,11-12H2,1-2H3,(H,19,21)/t15-/m0/s1. The number of aryl methyl sites for hydroxylation is 1. The van der Waals surface area contributed by atoms with Gasteiger partial charge in [-0.3, -0.25) is 9.89 Å². The second kappa shape index (κ2) is 7.59. The first-order valence-corrected chi connectivity index (χ1v) is 10.6. The second-order valence-corrected chi connectivity index (χ2v) is 8.67. The van der Waals surface area contributed by atoms with Crippen molar-refractivity contribution in [2.75, 3.05) is 25.9 Å². The van der Waals surface area contributed by atoms with E-state index in [1.165, 1.54) is 5.56 Å². The summed E-state index contributed by atoms with van der Waals surface area (Å²) in [6, 6.07) is 8.29. The van der Waals surface area contributed by atoms with Crippen molar-refractivity contribution >= 4 is 15.9 Å². The Labute approximate surface area is 153 Å². The molecule has 2 heterocycles. The monoisotopic (exact) mass is 376 g/mol. The Morgan fingerprint density at radius 2 is 2.08 bits per heavy atom. The highest BCUT2D eigenvalue weighted by atomic mass is 32.2. The molecule has 7 nitrogen and oxygen atoms in total. The van der Waals surface area contributed by atoms with Crippen LogP contribution in [0.1, 0.15) is 30.0 Å². The van der Waals surface area contributed by atoms with Gasteiger partial charge in [0.1, 0.15) is 0 Å². The Hall–Kier alpha value is -2.19. The number of piperidine rings is 1. The van der Waals surface area contributed by atoms with Gasteiger partial charge < -0.3 is 4.90 Å². The molecule has 0 aliphatic carbocycles. The number of rotatable bonds is 5. The van der Waals surface area contributed by atoms with Gasteiger partial charge in [0.15, 0.2) is 0 Å². The quantitative estimate of drug-likeness (QED) is 0.829. The molecule has 0 radical (unpaired) electrons. The molecule has 2 aromatic rings. The molecule has 1 fully saturated rings. The van der Waals surface area contributed by atoms with E-state index in [1.54, 1.807) is 4.90 Å². The van der Waals surface area contributed by atoms with E-state index in [0.717, 1.165) is 35.9 Å². The van der Waals surface area contributed by atoms with Crippen LogP contribution >= 0.6 is 0 Å². The van der Waals surface area contributed by atoms with E-state index in [9.17, 15) is 13.2 Å². The summed E-state index contributed by atoms with van der Waals surface area (Å²) in [5, 5.41) is 7.32. The Morgan fingerprint density at radius 1 is 1.35 bits per heavy atom. The minimum Gasteiger partial charge on any atom is -0.341 e. The Kier molecular flexibility index (Phi) is 5.43. The maximum atomic E-state index is 12.3. The Morgan fingerprint density at radius 3 is 2.77 bits per heavy atom. The number of nitrogens with one attached hydrogen (secondary N) is 2. The van der Waals surface area contributed by atoms with E-state index < -0.39 is 10.0 Å². The molecular weight excluding hydrogens is 352 g/mol. The van der Waals surface area contributed by atoms with Crippen molar-refractivity contribution in [2.24, 2.45) is 0 Å². The fraction of sp³-hybridized carbons (Fsp3) is 0.444. The minimum atomic E-state index is -3.37. The molecule has 1 saturated heterocycles. The molecule has 0 unspecified atom stereocenters. The normalized spacial score (nSPS) is 18.1. The van der Waals surface area contributed by atoms with Crippen molar-refractivity contribution < 1.29 is 13.2 Å². The third-order valence-corrected chi connectivity index (χ3v) is 5.37. The van der Waals surface area contributed by atoms with Gasteiger partial charge in [0.25, 0.3) is 0 Å². The third-order valence-electron chi connectivity index (χ3n) is 4.70. The summed E-state index contributed by atoms with van der Waals surface area (Å²) in [7, 11) is -3.37. The molecule has 0 saturated carbocycles. The summed E-state index contributed by atoms with van der Waals surface area (Å²) in [6.07, 6.45) is 4.72. The zero-order valence-electron chi connectivity index (χ0n) is 15.0. The highest BCUT2D eigenvalue weighted by Crippen LogP contribution is 2.33. The number of nitrogens with zero attached hydrogens (tertiary/aromatic N) is 2. The van der Waals surface area contributed by atoms with E-state index in [4.69, 9.17) is 0 Å². The minimum absolute atomic E-state index is 0.157. The Balaban J connectivity index is 1.73. The van der Waals surface area contributed by atoms with Crippen molar-refractivity contribution in [3.63, 3.8) is 0 Å². The lowest BCUT2D eigenvalue weighted by atomic mass is 9.90. The highest BCUT2D eigenvalue weighted by Gasteiger charge is 2.27. The van der Waals surface area contributed by atoms with Crippen LogP contribution in [0.5, 0.6) is 0 Å². The molecule has 1 aromatic heterocycles. The van der Waals surface area contributed by atoms with Gasteiger partial charge in [0, 0.05) is 30.3 Å². The molecule has 1 aliphatic rings. The third kappa shape index (κ3) is 4.50. The predicted molar refractivity (Wildman–Crippen MR) is 100 cm³/mol. The van der Waals surface area contributed by atoms with Crippen molar-refractivity contribution in [3.05, 3.63) is 41.7 Å². The van der Waals surface area contributed by atoms with Gasteiger partial charge in [-0.05, 0) is 25.3 Å². The number of benzene rings is 1. The van der Waals surface area contributed by atoms with Crippen LogP contribution in [-0.4, -0.2) is 55.3 Å². The van der Waals surface area contributed by atoms with Crippen LogP contribution in [0.4, 0.5) is 0 Å². The van der Waals surface area contributed by atoms with Gasteiger partial charge in [-0.25, -0.2) is 13.1 Å². The van der Waals surface area contributed by atoms with E-state index >= 15 is 0 Å². The van der Waals surface area contributed by atoms with E-state index in [0.29, 0.717) is 13.1 Å². The number of aromatic amines is 1. The number of hydrogen-bond donors (Lipinski definition) is 2. The summed E-state index contributed by atoms with van der Waals surface area (Å²) in [4.78, 5) is 14.1. The van der Waals surface area contributed by atoms with Gasteiger partial charge in [0.05, 0.1) is 19.0 Å². The molecule has 1 aromatic carbocycles. The smallest absolute Gasteiger partial charge is 0.237 e. The molecule has 2 N–H and O–H groups in total. The van der Waals surface area contributed by atoms with Gasteiger partial charge in [-0.1, -0.05) is 29.8 Å². The number of carbonyl (C=O) groups is 1. The van der Waals surface area contributed by atoms with Crippen molar-refractivity contribution in [1.29, 1.82) is 0 Å². The molecule has 140 valence electrons. The average molecular weight is 376 g/mol. The predicted octanol–water partition coefficient (Wildman–Crippen LogP) is 1.64. The fourth-order valence-corrected chi connectivity index (χ4v) is 3.70. The van der Waals surface area contributed by atoms with Crippen LogP contribution in [0.15, 0.2) is 30.5 Å². The summed E-state index contributed by atoms with van der Waals surface area (Å²) in [5.74, 6) is -0.0405. The number of H-pyrrole nitrogens is 1. The van der Waals surface area contributed by atoms with Crippen LogP contribution in [0.25, 0.3) is 11.1 Å². The van der Waals surface area contributed by atoms with Crippen molar-refractivity contribution in [1.82, 2.24) is 19.8 Å². The fourth-order valence-electron chi connectivity index (χ4n) is 3.31. The maximum Gasteiger partial charge on any atom is 0.237 e. The summed E-state index contributed by atoms with van der Waals surface area (Å²) in [5.41, 5.74) is 4.38. The summed E-state index contributed by atoms with van der Waals surface area (Å²) >= 11 is 0. The molecule has 0 bridgehead atoms. The number of hydrogen-bond acceptors (Lipinski definition) is 4. The van der Waals surface area contributed by atoms with Crippen LogP contribution in [0, 0.1) is 6.92 Å². The van der Waals surface area contributed by atoms with Crippen LogP contribution in [0.2, 0.25) is 0 Å². The first-order valence-electron chi connectivity index (χ1n) is 8.66. The van der Waals surface area contributed by atoms with Crippen molar-refractivity contribution in [2.45, 2.75) is 25.7 Å². The Bertz CT molecular complexity index is 874. The van der Waals surface area contributed by atoms with E-state index in [-0.39, 0.29) is 18.4 Å². The highest BCUT2D eigenvalue weighted by molar-refractivity contribution is 7.88. The molecular formula is C18H24N4O3S. The topological polar surface area (TPSA) is 95.2 Å². The molecule has 26 heavy (non-hydrogen) atoms. The van der Waals surface area contributed by atoms with Crippen molar-refractivity contribution in [3.8, 4) is 11.1 Å². The van der Waals surface area contributed by atoms with E-state index in [2.05, 4.69) is 46.1 Å². The van der Waals surface area contributed by atoms with E-state index in [1.807, 2.05) is 6.20 Å². The van der Waals surface area contributed by atoms with Crippen LogP contribution in [-0.2, 0) is 14.8 Å². The molecule has 1 amide bonds. The van der Waals surface area contributed by atoms with Gasteiger partial charge in [-0.15, -0.1) is 0 Å². The van der Waals surface area contributed by atoms with Gasteiger partial charge in [-0.2, -0.15) is 5.10 Å². The molecule has 3 rings (SSSR count). The lowest BCUT2D eigenvalue weighted by Crippen LogP contribution is -2.44. The zero-order valence-corrected chi connectivity index (χ0v) is 15.8. The lowest BCUT2D eigenvalue weighted by molar-refractivity contribution is -0.131. The zero-order chi connectivity index (χ0) is 18.7. The summed E-state index contributed by atoms with van der Waals surface area (Å²) < 4.78 is 24.7. The van der Waals surface area contributed by atoms with Gasteiger partial charge >= 0.3 is 0 Å². The number of carbonyl (C=O) groups excluding carboxylic acids is 1. The maximum absolute atomic E-state index is 12.3. The lowest BCUT2D eigenvalue weighted by Gasteiger charge is -2.32. The van der Waals surface area contributed by atoms with Gasteiger partial charge in [0.2, 0.25) is 15.9 Å². The molecule has 8 heteroatoms. The molecule has 1 atom stereocenters. The molecule has 0 spiro atoms. The van der Waals surface area contributed by atoms with Crippen LogP contribution in [0.3, 0.4) is 0 Å². The molecule has 1 aliphatic heterocycles. The first-order chi connectivity index (χ1) is 12.3. The SMILES string of the molecule is Cc1ccc(-c2cn[nH]c2[C@H]2CCCN(C(=O)CNS(C)(=O)=O)C2)cc1. The van der Waals surface area contributed by atoms with Crippen LogP contribution < -0.4 is 4.72 Å². The second-order valence-electron chi connectivity index (χ2n) is 6.84. The summed E-state index contributed by atoms with van der Waals surface area (Å²) in [6.45, 7) is 3.06. The first kappa shape index (κ1) is 18.6. The largest absolute Gasteiger partial charge is 0.341 e. The average Bonchev–Trinajstić information content (AvgIpc) is 3.09. The number of amides is 1. The number of sulfonamides is 1. The number of likely N-dealkylation sites (tertiary alicyclic amines) is 1.